The monoisotopic (exact) mass is 312 g/mol. The molecule has 1 saturated carbocycles. The summed E-state index contributed by atoms with van der Waals surface area (Å²) in [6, 6.07) is 8.93. The Kier molecular flexibility index (Phi) is 4.09. The summed E-state index contributed by atoms with van der Waals surface area (Å²) in [6.45, 7) is 7.14. The maximum Gasteiger partial charge on any atom is 0.171 e. The molecule has 1 atom stereocenters. The SMILES string of the molecule is CC(C1CC1)N(C)CC(=O)/C=C1/N(C)c2ccccc2C1(C)C. The zero-order valence-corrected chi connectivity index (χ0v) is 15.0. The molecule has 0 amide bonds. The fraction of sp³-hybridized carbons (Fsp3) is 0.550. The van der Waals surface area contributed by atoms with Crippen LogP contribution in [0.3, 0.4) is 0 Å². The minimum Gasteiger partial charge on any atom is -0.347 e. The number of carbonyl (C=O) groups excluding carboxylic acids is 1. The molecule has 1 heterocycles. The highest BCUT2D eigenvalue weighted by atomic mass is 16.1. The van der Waals surface area contributed by atoms with E-state index in [1.54, 1.807) is 0 Å². The molecular weight excluding hydrogens is 284 g/mol. The Hall–Kier alpha value is -1.61. The highest BCUT2D eigenvalue weighted by Gasteiger charge is 2.38. The zero-order chi connectivity index (χ0) is 16.8. The van der Waals surface area contributed by atoms with Crippen LogP contribution in [-0.4, -0.2) is 37.4 Å². The standard InChI is InChI=1S/C20H28N2O/c1-14(15-10-11-15)21(4)13-16(23)12-19-20(2,3)17-8-6-7-9-18(17)22(19)5/h6-9,12,14-15H,10-11,13H2,1-5H3/b19-12+. The molecular formula is C20H28N2O. The third-order valence-electron chi connectivity index (χ3n) is 5.64. The number of benzene rings is 1. The number of para-hydroxylation sites is 1. The lowest BCUT2D eigenvalue weighted by Crippen LogP contribution is -2.35. The van der Waals surface area contributed by atoms with Gasteiger partial charge in [-0.25, -0.2) is 0 Å². The molecule has 3 rings (SSSR count). The van der Waals surface area contributed by atoms with Crippen LogP contribution in [0, 0.1) is 5.92 Å². The van der Waals surface area contributed by atoms with E-state index in [0.29, 0.717) is 12.6 Å². The van der Waals surface area contributed by atoms with Crippen LogP contribution in [0.25, 0.3) is 0 Å². The predicted octanol–water partition coefficient (Wildman–Crippen LogP) is 3.60. The van der Waals surface area contributed by atoms with Gasteiger partial charge in [0.05, 0.1) is 6.54 Å². The first-order valence-electron chi connectivity index (χ1n) is 8.61. The van der Waals surface area contributed by atoms with E-state index < -0.39 is 0 Å². The van der Waals surface area contributed by atoms with E-state index in [1.165, 1.54) is 24.1 Å². The quantitative estimate of drug-likeness (QED) is 0.776. The Morgan fingerprint density at radius 2 is 2.04 bits per heavy atom. The van der Waals surface area contributed by atoms with Gasteiger partial charge in [0, 0.05) is 36.0 Å². The molecule has 1 aromatic rings. The van der Waals surface area contributed by atoms with Crippen molar-refractivity contribution in [2.45, 2.75) is 45.1 Å². The molecule has 0 radical (unpaired) electrons. The van der Waals surface area contributed by atoms with Crippen LogP contribution in [0.2, 0.25) is 0 Å². The van der Waals surface area contributed by atoms with Crippen LogP contribution in [-0.2, 0) is 10.2 Å². The number of fused-ring (bicyclic) bond motifs is 1. The van der Waals surface area contributed by atoms with E-state index in [-0.39, 0.29) is 11.2 Å². The highest BCUT2D eigenvalue weighted by Crippen LogP contribution is 2.46. The van der Waals surface area contributed by atoms with Gasteiger partial charge in [-0.1, -0.05) is 32.0 Å². The van der Waals surface area contributed by atoms with E-state index in [0.717, 1.165) is 11.6 Å². The third kappa shape index (κ3) is 2.94. The number of hydrogen-bond acceptors (Lipinski definition) is 3. The van der Waals surface area contributed by atoms with Gasteiger partial charge in [-0.05, 0) is 44.4 Å². The molecule has 3 heteroatoms. The van der Waals surface area contributed by atoms with Gasteiger partial charge in [0.25, 0.3) is 0 Å². The fourth-order valence-electron chi connectivity index (χ4n) is 3.79. The topological polar surface area (TPSA) is 23.6 Å². The molecule has 1 fully saturated rings. The Balaban J connectivity index is 1.78. The van der Waals surface area contributed by atoms with Crippen LogP contribution >= 0.6 is 0 Å². The lowest BCUT2D eigenvalue weighted by Gasteiger charge is -2.26. The zero-order valence-electron chi connectivity index (χ0n) is 15.0. The van der Waals surface area contributed by atoms with Crippen molar-refractivity contribution in [2.75, 3.05) is 25.5 Å². The lowest BCUT2D eigenvalue weighted by molar-refractivity contribution is -0.116. The van der Waals surface area contributed by atoms with Crippen molar-refractivity contribution in [3.63, 3.8) is 0 Å². The minimum absolute atomic E-state index is 0.123. The number of anilines is 1. The number of hydrogen-bond donors (Lipinski definition) is 0. The summed E-state index contributed by atoms with van der Waals surface area (Å²) in [5.74, 6) is 0.984. The number of likely N-dealkylation sites (N-methyl/N-ethyl adjacent to an activating group) is 2. The van der Waals surface area contributed by atoms with Crippen molar-refractivity contribution in [3.05, 3.63) is 41.6 Å². The lowest BCUT2D eigenvalue weighted by atomic mass is 9.83. The maximum atomic E-state index is 12.6. The molecule has 3 nitrogen and oxygen atoms in total. The van der Waals surface area contributed by atoms with Crippen LogP contribution in [0.5, 0.6) is 0 Å². The van der Waals surface area contributed by atoms with Gasteiger partial charge in [0.15, 0.2) is 5.78 Å². The second kappa shape index (κ2) is 5.79. The first-order chi connectivity index (χ1) is 10.8. The van der Waals surface area contributed by atoms with Crippen molar-refractivity contribution in [1.29, 1.82) is 0 Å². The van der Waals surface area contributed by atoms with Gasteiger partial charge >= 0.3 is 0 Å². The van der Waals surface area contributed by atoms with Gasteiger partial charge < -0.3 is 4.90 Å². The van der Waals surface area contributed by atoms with Crippen molar-refractivity contribution in [2.24, 2.45) is 5.92 Å². The molecule has 0 N–H and O–H groups in total. The van der Waals surface area contributed by atoms with Gasteiger partial charge in [-0.2, -0.15) is 0 Å². The van der Waals surface area contributed by atoms with Gasteiger partial charge in [-0.3, -0.25) is 9.69 Å². The van der Waals surface area contributed by atoms with E-state index in [4.69, 9.17) is 0 Å². The first kappa shape index (κ1) is 16.3. The smallest absolute Gasteiger partial charge is 0.171 e. The van der Waals surface area contributed by atoms with E-state index >= 15 is 0 Å². The molecule has 2 aliphatic rings. The summed E-state index contributed by atoms with van der Waals surface area (Å²) in [4.78, 5) is 17.0. The summed E-state index contributed by atoms with van der Waals surface area (Å²) in [7, 11) is 4.13. The van der Waals surface area contributed by atoms with Gasteiger partial charge in [-0.15, -0.1) is 0 Å². The number of allylic oxidation sites excluding steroid dienone is 1. The van der Waals surface area contributed by atoms with E-state index in [9.17, 15) is 4.79 Å². The summed E-state index contributed by atoms with van der Waals surface area (Å²) in [6.07, 6.45) is 4.48. The summed E-state index contributed by atoms with van der Waals surface area (Å²) >= 11 is 0. The molecule has 1 aromatic carbocycles. The van der Waals surface area contributed by atoms with Crippen molar-refractivity contribution in [1.82, 2.24) is 4.90 Å². The van der Waals surface area contributed by atoms with Crippen molar-refractivity contribution in [3.8, 4) is 0 Å². The third-order valence-corrected chi connectivity index (χ3v) is 5.64. The van der Waals surface area contributed by atoms with Gasteiger partial charge in [0.1, 0.15) is 0 Å². The molecule has 0 bridgehead atoms. The minimum atomic E-state index is -0.123. The molecule has 23 heavy (non-hydrogen) atoms. The second-order valence-corrected chi connectivity index (χ2v) is 7.69. The maximum absolute atomic E-state index is 12.6. The highest BCUT2D eigenvalue weighted by molar-refractivity contribution is 5.94. The summed E-state index contributed by atoms with van der Waals surface area (Å²) in [5, 5.41) is 0. The first-order valence-corrected chi connectivity index (χ1v) is 8.61. The molecule has 124 valence electrons. The number of nitrogens with zero attached hydrogens (tertiary/aromatic N) is 2. The molecule has 0 aromatic heterocycles. The Morgan fingerprint density at radius 1 is 1.39 bits per heavy atom. The predicted molar refractivity (Wildman–Crippen MR) is 95.8 cm³/mol. The molecule has 1 unspecified atom stereocenters. The normalized spacial score (nSPS) is 22.5. The molecule has 0 saturated heterocycles. The Morgan fingerprint density at radius 3 is 2.65 bits per heavy atom. The average Bonchev–Trinajstić information content (AvgIpc) is 3.33. The van der Waals surface area contributed by atoms with Crippen molar-refractivity contribution < 1.29 is 4.79 Å². The molecule has 0 spiro atoms. The Labute approximate surface area is 140 Å². The Bertz CT molecular complexity index is 643. The fourth-order valence-corrected chi connectivity index (χ4v) is 3.79. The van der Waals surface area contributed by atoms with Crippen LogP contribution < -0.4 is 4.90 Å². The van der Waals surface area contributed by atoms with Crippen LogP contribution in [0.4, 0.5) is 5.69 Å². The van der Waals surface area contributed by atoms with E-state index in [1.807, 2.05) is 6.08 Å². The van der Waals surface area contributed by atoms with Crippen LogP contribution in [0.1, 0.15) is 39.2 Å². The van der Waals surface area contributed by atoms with Crippen molar-refractivity contribution >= 4 is 11.5 Å². The molecule has 1 aliphatic carbocycles. The number of ketones is 1. The number of carbonyl (C=O) groups is 1. The summed E-state index contributed by atoms with van der Waals surface area (Å²) in [5.41, 5.74) is 3.47. The average molecular weight is 312 g/mol. The number of rotatable bonds is 5. The largest absolute Gasteiger partial charge is 0.347 e. The summed E-state index contributed by atoms with van der Waals surface area (Å²) < 4.78 is 0. The van der Waals surface area contributed by atoms with E-state index in [2.05, 4.69) is 68.9 Å². The molecule has 1 aliphatic heterocycles. The van der Waals surface area contributed by atoms with Gasteiger partial charge in [0.2, 0.25) is 0 Å². The van der Waals surface area contributed by atoms with Crippen LogP contribution in [0.15, 0.2) is 36.0 Å². The second-order valence-electron chi connectivity index (χ2n) is 7.69.